The van der Waals surface area contributed by atoms with Crippen LogP contribution in [0.3, 0.4) is 0 Å². The Balaban J connectivity index is 1.99. The molecule has 0 radical (unpaired) electrons. The zero-order chi connectivity index (χ0) is 15.9. The molecule has 0 spiro atoms. The maximum absolute atomic E-state index is 12.5. The van der Waals surface area contributed by atoms with Gasteiger partial charge in [0.05, 0.1) is 13.7 Å². The van der Waals surface area contributed by atoms with E-state index in [0.717, 1.165) is 30.7 Å². The molecule has 2 rings (SSSR count). The highest BCUT2D eigenvalue weighted by Crippen LogP contribution is 2.29. The first kappa shape index (κ1) is 16.9. The third kappa shape index (κ3) is 4.27. The summed E-state index contributed by atoms with van der Waals surface area (Å²) >= 11 is 1.38. The van der Waals surface area contributed by atoms with Gasteiger partial charge in [-0.15, -0.1) is 11.3 Å². The third-order valence-electron chi connectivity index (χ3n) is 3.81. The number of nitrogens with zero attached hydrogens (tertiary/aromatic N) is 2. The fraction of sp³-hybridized carbons (Fsp3) is 0.667. The zero-order valence-corrected chi connectivity index (χ0v) is 13.9. The van der Waals surface area contributed by atoms with E-state index in [0.29, 0.717) is 25.4 Å². The lowest BCUT2D eigenvalue weighted by Gasteiger charge is -2.31. The van der Waals surface area contributed by atoms with E-state index >= 15 is 0 Å². The van der Waals surface area contributed by atoms with E-state index in [9.17, 15) is 9.59 Å². The number of thiazole rings is 1. The fourth-order valence-corrected chi connectivity index (χ4v) is 3.10. The molecule has 0 aromatic carbocycles. The molecular weight excluding hydrogens is 304 g/mol. The molecule has 1 aliphatic carbocycles. The summed E-state index contributed by atoms with van der Waals surface area (Å²) in [6.07, 6.45) is 3.88. The van der Waals surface area contributed by atoms with Gasteiger partial charge in [0.25, 0.3) is 0 Å². The Bertz CT molecular complexity index is 513. The molecule has 7 heteroatoms. The quantitative estimate of drug-likeness (QED) is 0.540. The first-order chi connectivity index (χ1) is 10.7. The monoisotopic (exact) mass is 326 g/mol. The van der Waals surface area contributed by atoms with Crippen LogP contribution < -0.4 is 0 Å². The molecule has 122 valence electrons. The second-order valence-corrected chi connectivity index (χ2v) is 6.29. The standard InChI is InChI=1S/C15H22N2O4S/c1-20-8-4-7-17(14(18)11-5-3-6-11)9-13-16-12(10-22-13)15(19)21-2/h10-11H,3-9H2,1-2H3. The van der Waals surface area contributed by atoms with E-state index in [-0.39, 0.29) is 11.8 Å². The van der Waals surface area contributed by atoms with Gasteiger partial charge in [0, 0.05) is 31.6 Å². The molecule has 0 bridgehead atoms. The minimum absolute atomic E-state index is 0.155. The lowest BCUT2D eigenvalue weighted by atomic mass is 9.84. The molecule has 0 aliphatic heterocycles. The zero-order valence-electron chi connectivity index (χ0n) is 13.0. The Labute approximate surface area is 134 Å². The molecule has 0 saturated heterocycles. The van der Waals surface area contributed by atoms with Crippen molar-refractivity contribution in [2.75, 3.05) is 27.4 Å². The van der Waals surface area contributed by atoms with Crippen molar-refractivity contribution in [3.63, 3.8) is 0 Å². The molecule has 1 amide bonds. The van der Waals surface area contributed by atoms with Gasteiger partial charge in [-0.3, -0.25) is 4.79 Å². The van der Waals surface area contributed by atoms with Gasteiger partial charge >= 0.3 is 5.97 Å². The largest absolute Gasteiger partial charge is 0.464 e. The first-order valence-corrected chi connectivity index (χ1v) is 8.34. The van der Waals surface area contributed by atoms with E-state index < -0.39 is 5.97 Å². The average molecular weight is 326 g/mol. The van der Waals surface area contributed by atoms with Crippen molar-refractivity contribution < 1.29 is 19.1 Å². The molecule has 0 N–H and O–H groups in total. The molecular formula is C15H22N2O4S. The van der Waals surface area contributed by atoms with Crippen molar-refractivity contribution in [2.45, 2.75) is 32.2 Å². The number of carbonyl (C=O) groups excluding carboxylic acids is 2. The maximum atomic E-state index is 12.5. The van der Waals surface area contributed by atoms with Gasteiger partial charge in [0.15, 0.2) is 5.69 Å². The van der Waals surface area contributed by atoms with Crippen LogP contribution in [0.4, 0.5) is 0 Å². The van der Waals surface area contributed by atoms with Crippen LogP contribution in [0, 0.1) is 5.92 Å². The highest BCUT2D eigenvalue weighted by atomic mass is 32.1. The van der Waals surface area contributed by atoms with Crippen LogP contribution in [0.5, 0.6) is 0 Å². The molecule has 0 unspecified atom stereocenters. The summed E-state index contributed by atoms with van der Waals surface area (Å²) in [5, 5.41) is 2.42. The number of rotatable bonds is 8. The molecule has 1 aromatic rings. The summed E-state index contributed by atoms with van der Waals surface area (Å²) in [6, 6.07) is 0. The van der Waals surface area contributed by atoms with Gasteiger partial charge in [-0.25, -0.2) is 9.78 Å². The molecule has 1 aliphatic rings. The molecule has 1 heterocycles. The van der Waals surface area contributed by atoms with Crippen molar-refractivity contribution in [1.82, 2.24) is 9.88 Å². The van der Waals surface area contributed by atoms with Crippen LogP contribution in [0.15, 0.2) is 5.38 Å². The van der Waals surface area contributed by atoms with Crippen molar-refractivity contribution in [2.24, 2.45) is 5.92 Å². The topological polar surface area (TPSA) is 68.7 Å². The smallest absolute Gasteiger partial charge is 0.357 e. The average Bonchev–Trinajstić information content (AvgIpc) is 2.92. The highest BCUT2D eigenvalue weighted by molar-refractivity contribution is 7.09. The molecule has 1 fully saturated rings. The molecule has 1 saturated carbocycles. The SMILES string of the molecule is COCCCN(Cc1nc(C(=O)OC)cs1)C(=O)C1CCC1. The van der Waals surface area contributed by atoms with Gasteiger partial charge in [-0.1, -0.05) is 6.42 Å². The minimum Gasteiger partial charge on any atom is -0.464 e. The van der Waals surface area contributed by atoms with Gasteiger partial charge in [0.1, 0.15) is 5.01 Å². The van der Waals surface area contributed by atoms with Gasteiger partial charge in [-0.05, 0) is 19.3 Å². The lowest BCUT2D eigenvalue weighted by Crippen LogP contribution is -2.39. The predicted molar refractivity (Wildman–Crippen MR) is 82.7 cm³/mol. The molecule has 22 heavy (non-hydrogen) atoms. The van der Waals surface area contributed by atoms with E-state index in [1.807, 2.05) is 4.90 Å². The number of ether oxygens (including phenoxy) is 2. The molecule has 0 atom stereocenters. The Morgan fingerprint density at radius 3 is 2.77 bits per heavy atom. The van der Waals surface area contributed by atoms with E-state index in [4.69, 9.17) is 4.74 Å². The van der Waals surface area contributed by atoms with Crippen molar-refractivity contribution in [3.05, 3.63) is 16.1 Å². The number of hydrogen-bond acceptors (Lipinski definition) is 6. The van der Waals surface area contributed by atoms with Gasteiger partial charge < -0.3 is 14.4 Å². The second-order valence-electron chi connectivity index (χ2n) is 5.35. The van der Waals surface area contributed by atoms with Crippen molar-refractivity contribution in [3.8, 4) is 0 Å². The summed E-state index contributed by atoms with van der Waals surface area (Å²) in [5.74, 6) is -0.0986. The summed E-state index contributed by atoms with van der Waals surface area (Å²) in [7, 11) is 2.99. The van der Waals surface area contributed by atoms with Crippen molar-refractivity contribution in [1.29, 1.82) is 0 Å². The van der Waals surface area contributed by atoms with E-state index in [1.165, 1.54) is 18.4 Å². The van der Waals surface area contributed by atoms with Crippen LogP contribution in [0.2, 0.25) is 0 Å². The minimum atomic E-state index is -0.446. The van der Waals surface area contributed by atoms with Gasteiger partial charge in [-0.2, -0.15) is 0 Å². The normalized spacial score (nSPS) is 14.5. The number of carbonyl (C=O) groups is 2. The number of methoxy groups -OCH3 is 2. The molecule has 1 aromatic heterocycles. The lowest BCUT2D eigenvalue weighted by molar-refractivity contribution is -0.139. The predicted octanol–water partition coefficient (Wildman–Crippen LogP) is 2.09. The number of aromatic nitrogens is 1. The summed E-state index contributed by atoms with van der Waals surface area (Å²) < 4.78 is 9.72. The highest BCUT2D eigenvalue weighted by Gasteiger charge is 2.29. The Morgan fingerprint density at radius 2 is 2.18 bits per heavy atom. The van der Waals surface area contributed by atoms with Crippen LogP contribution in [0.25, 0.3) is 0 Å². The second kappa shape index (κ2) is 8.24. The number of hydrogen-bond donors (Lipinski definition) is 0. The number of esters is 1. The van der Waals surface area contributed by atoms with E-state index in [1.54, 1.807) is 12.5 Å². The van der Waals surface area contributed by atoms with Crippen molar-refractivity contribution >= 4 is 23.2 Å². The van der Waals surface area contributed by atoms with Crippen LogP contribution >= 0.6 is 11.3 Å². The Hall–Kier alpha value is -1.47. The van der Waals surface area contributed by atoms with Crippen LogP contribution in [-0.2, 0) is 20.8 Å². The summed E-state index contributed by atoms with van der Waals surface area (Å²) in [6.45, 7) is 1.72. The summed E-state index contributed by atoms with van der Waals surface area (Å²) in [5.41, 5.74) is 0.301. The van der Waals surface area contributed by atoms with Crippen LogP contribution in [0.1, 0.15) is 41.2 Å². The van der Waals surface area contributed by atoms with Crippen LogP contribution in [-0.4, -0.2) is 49.1 Å². The maximum Gasteiger partial charge on any atom is 0.357 e. The summed E-state index contributed by atoms with van der Waals surface area (Å²) in [4.78, 5) is 30.0. The Kier molecular flexibility index (Phi) is 6.33. The van der Waals surface area contributed by atoms with Gasteiger partial charge in [0.2, 0.25) is 5.91 Å². The fourth-order valence-electron chi connectivity index (χ4n) is 2.33. The number of amides is 1. The van der Waals surface area contributed by atoms with E-state index in [2.05, 4.69) is 9.72 Å². The molecule has 6 nitrogen and oxygen atoms in total. The first-order valence-electron chi connectivity index (χ1n) is 7.46. The third-order valence-corrected chi connectivity index (χ3v) is 4.65. The Morgan fingerprint density at radius 1 is 1.41 bits per heavy atom.